The van der Waals surface area contributed by atoms with Gasteiger partial charge in [-0.2, -0.15) is 0 Å². The maximum Gasteiger partial charge on any atom is 0.338 e. The van der Waals surface area contributed by atoms with Crippen LogP contribution in [0.25, 0.3) is 6.08 Å². The summed E-state index contributed by atoms with van der Waals surface area (Å²) in [6, 6.07) is 16.7. The molecular formula is C23H24N2O3S. The Balaban J connectivity index is 1.84. The molecule has 3 rings (SSSR count). The van der Waals surface area contributed by atoms with Crippen LogP contribution in [0, 0.1) is 0 Å². The van der Waals surface area contributed by atoms with Gasteiger partial charge in [0.25, 0.3) is 5.91 Å². The molecule has 0 unspecified atom stereocenters. The highest BCUT2D eigenvalue weighted by molar-refractivity contribution is 8.18. The van der Waals surface area contributed by atoms with Gasteiger partial charge in [-0.15, -0.1) is 0 Å². The van der Waals surface area contributed by atoms with Crippen molar-refractivity contribution in [1.29, 1.82) is 0 Å². The molecule has 1 fully saturated rings. The lowest BCUT2D eigenvalue weighted by Crippen LogP contribution is -2.30. The van der Waals surface area contributed by atoms with Crippen LogP contribution in [0.3, 0.4) is 0 Å². The lowest BCUT2D eigenvalue weighted by Gasteiger charge is -2.14. The summed E-state index contributed by atoms with van der Waals surface area (Å²) in [6.45, 7) is 4.86. The van der Waals surface area contributed by atoms with Gasteiger partial charge in [0.05, 0.1) is 22.8 Å². The maximum absolute atomic E-state index is 13.0. The third kappa shape index (κ3) is 5.35. The number of benzene rings is 2. The number of rotatable bonds is 7. The Morgan fingerprint density at radius 1 is 1.10 bits per heavy atom. The van der Waals surface area contributed by atoms with Gasteiger partial charge < -0.3 is 4.74 Å². The number of hydrogen-bond donors (Lipinski definition) is 0. The number of para-hydroxylation sites is 1. The molecule has 1 amide bonds. The molecule has 0 N–H and O–H groups in total. The number of carbonyl (C=O) groups is 2. The fraction of sp³-hybridized carbons (Fsp3) is 0.261. The van der Waals surface area contributed by atoms with Crippen LogP contribution in [0.1, 0.15) is 42.6 Å². The van der Waals surface area contributed by atoms with Crippen LogP contribution in [0.15, 0.2) is 64.5 Å². The number of aliphatic imine (C=N–C) groups is 1. The molecule has 5 nitrogen and oxygen atoms in total. The molecule has 1 aliphatic rings. The molecular weight excluding hydrogens is 384 g/mol. The first-order chi connectivity index (χ1) is 14.1. The van der Waals surface area contributed by atoms with Crippen molar-refractivity contribution in [2.45, 2.75) is 26.7 Å². The molecule has 1 saturated heterocycles. The van der Waals surface area contributed by atoms with Crippen molar-refractivity contribution < 1.29 is 14.3 Å². The van der Waals surface area contributed by atoms with Gasteiger partial charge in [-0.1, -0.05) is 43.7 Å². The number of amides is 1. The van der Waals surface area contributed by atoms with Crippen LogP contribution in [0.2, 0.25) is 0 Å². The fourth-order valence-electron chi connectivity index (χ4n) is 2.80. The second-order valence-corrected chi connectivity index (χ2v) is 7.50. The van der Waals surface area contributed by atoms with E-state index in [9.17, 15) is 9.59 Å². The summed E-state index contributed by atoms with van der Waals surface area (Å²) in [5.74, 6) is -0.381. The smallest absolute Gasteiger partial charge is 0.338 e. The number of thioether (sulfide) groups is 1. The topological polar surface area (TPSA) is 59.0 Å². The van der Waals surface area contributed by atoms with Gasteiger partial charge in [0.1, 0.15) is 0 Å². The molecule has 0 radical (unpaired) electrons. The first-order valence-corrected chi connectivity index (χ1v) is 10.6. The third-order valence-electron chi connectivity index (χ3n) is 4.32. The van der Waals surface area contributed by atoms with E-state index in [0.29, 0.717) is 28.8 Å². The minimum Gasteiger partial charge on any atom is -0.462 e. The summed E-state index contributed by atoms with van der Waals surface area (Å²) in [4.78, 5) is 31.8. The van der Waals surface area contributed by atoms with Crippen LogP contribution < -0.4 is 0 Å². The van der Waals surface area contributed by atoms with Gasteiger partial charge in [-0.25, -0.2) is 9.79 Å². The highest BCUT2D eigenvalue weighted by atomic mass is 32.2. The van der Waals surface area contributed by atoms with Gasteiger partial charge in [-0.3, -0.25) is 9.69 Å². The lowest BCUT2D eigenvalue weighted by molar-refractivity contribution is -0.122. The molecule has 0 spiro atoms. The van der Waals surface area contributed by atoms with Crippen LogP contribution in [0.5, 0.6) is 0 Å². The molecule has 0 aliphatic carbocycles. The first kappa shape index (κ1) is 20.9. The molecule has 6 heteroatoms. The van der Waals surface area contributed by atoms with Crippen molar-refractivity contribution >= 4 is 40.6 Å². The van der Waals surface area contributed by atoms with Gasteiger partial charge in [-0.05, 0) is 61.0 Å². The zero-order chi connectivity index (χ0) is 20.6. The van der Waals surface area contributed by atoms with Gasteiger partial charge >= 0.3 is 5.97 Å². The summed E-state index contributed by atoms with van der Waals surface area (Å²) in [7, 11) is 0. The largest absolute Gasteiger partial charge is 0.462 e. The number of unbranched alkanes of at least 4 members (excludes halogenated alkanes) is 1. The highest BCUT2D eigenvalue weighted by Crippen LogP contribution is 2.34. The summed E-state index contributed by atoms with van der Waals surface area (Å²) >= 11 is 1.38. The lowest BCUT2D eigenvalue weighted by atomic mass is 10.1. The summed E-state index contributed by atoms with van der Waals surface area (Å²) in [6.07, 6.45) is 3.76. The Morgan fingerprint density at radius 3 is 2.48 bits per heavy atom. The maximum atomic E-state index is 13.0. The number of esters is 1. The van der Waals surface area contributed by atoms with Gasteiger partial charge in [0.15, 0.2) is 5.17 Å². The molecule has 0 saturated carbocycles. The highest BCUT2D eigenvalue weighted by Gasteiger charge is 2.32. The van der Waals surface area contributed by atoms with Crippen LogP contribution in [-0.2, 0) is 9.53 Å². The standard InChI is InChI=1S/C23H24N2O3S/c1-3-5-15-25-21(26)20(29-23(25)24-19-9-7-6-8-10-19)16-17-11-13-18(14-12-17)22(27)28-4-2/h6-14,16H,3-5,15H2,1-2H3/b20-16-,24-23?. The minimum atomic E-state index is -0.346. The van der Waals surface area contributed by atoms with Crippen molar-refractivity contribution in [3.8, 4) is 0 Å². The van der Waals surface area contributed by atoms with Crippen LogP contribution in [0.4, 0.5) is 5.69 Å². The Morgan fingerprint density at radius 2 is 1.83 bits per heavy atom. The Kier molecular flexibility index (Phi) is 7.25. The van der Waals surface area contributed by atoms with Crippen molar-refractivity contribution in [3.63, 3.8) is 0 Å². The van der Waals surface area contributed by atoms with Crippen LogP contribution in [-0.4, -0.2) is 35.1 Å². The average molecular weight is 409 g/mol. The van der Waals surface area contributed by atoms with Crippen molar-refractivity contribution in [2.24, 2.45) is 4.99 Å². The minimum absolute atomic E-state index is 0.0346. The van der Waals surface area contributed by atoms with Crippen molar-refractivity contribution in [3.05, 3.63) is 70.6 Å². The summed E-state index contributed by atoms with van der Waals surface area (Å²) in [5, 5.41) is 0.698. The average Bonchev–Trinajstić information content (AvgIpc) is 3.02. The number of hydrogen-bond acceptors (Lipinski definition) is 5. The van der Waals surface area contributed by atoms with Crippen molar-refractivity contribution in [1.82, 2.24) is 4.90 Å². The number of amidine groups is 1. The molecule has 1 aliphatic heterocycles. The van der Waals surface area contributed by atoms with Crippen LogP contribution >= 0.6 is 11.8 Å². The fourth-order valence-corrected chi connectivity index (χ4v) is 3.82. The van der Waals surface area contributed by atoms with E-state index in [1.54, 1.807) is 24.0 Å². The molecule has 150 valence electrons. The summed E-state index contributed by atoms with van der Waals surface area (Å²) in [5.41, 5.74) is 2.17. The molecule has 2 aromatic rings. The Bertz CT molecular complexity index is 921. The van der Waals surface area contributed by atoms with Gasteiger partial charge in [0, 0.05) is 6.54 Å². The Hall–Kier alpha value is -2.86. The van der Waals surface area contributed by atoms with E-state index >= 15 is 0 Å². The normalized spacial score (nSPS) is 16.6. The molecule has 1 heterocycles. The van der Waals surface area contributed by atoms with E-state index in [4.69, 9.17) is 4.74 Å². The molecule has 0 bridgehead atoms. The number of ether oxygens (including phenoxy) is 1. The summed E-state index contributed by atoms with van der Waals surface area (Å²) < 4.78 is 5.01. The first-order valence-electron chi connectivity index (χ1n) is 9.74. The van der Waals surface area contributed by atoms with Gasteiger partial charge in [0.2, 0.25) is 0 Å². The molecule has 0 aromatic heterocycles. The Labute approximate surface area is 175 Å². The van der Waals surface area contributed by atoms with E-state index in [-0.39, 0.29) is 11.9 Å². The monoisotopic (exact) mass is 408 g/mol. The number of carbonyl (C=O) groups excluding carboxylic acids is 2. The SMILES string of the molecule is CCCCN1C(=O)/C(=C/c2ccc(C(=O)OCC)cc2)SC1=Nc1ccccc1. The van der Waals surface area contributed by atoms with Crippen molar-refractivity contribution in [2.75, 3.05) is 13.2 Å². The zero-order valence-corrected chi connectivity index (χ0v) is 17.4. The predicted octanol–water partition coefficient (Wildman–Crippen LogP) is 5.27. The molecule has 29 heavy (non-hydrogen) atoms. The van der Waals surface area contributed by atoms with E-state index in [2.05, 4.69) is 11.9 Å². The third-order valence-corrected chi connectivity index (χ3v) is 5.33. The number of nitrogens with zero attached hydrogens (tertiary/aromatic N) is 2. The predicted molar refractivity (Wildman–Crippen MR) is 118 cm³/mol. The zero-order valence-electron chi connectivity index (χ0n) is 16.6. The van der Waals surface area contributed by atoms with E-state index in [1.807, 2.05) is 48.5 Å². The van der Waals surface area contributed by atoms with E-state index in [0.717, 1.165) is 24.1 Å². The second-order valence-electron chi connectivity index (χ2n) is 6.49. The van der Waals surface area contributed by atoms with E-state index < -0.39 is 0 Å². The molecule has 2 aromatic carbocycles. The van der Waals surface area contributed by atoms with E-state index in [1.165, 1.54) is 11.8 Å². The molecule has 0 atom stereocenters. The quantitative estimate of drug-likeness (QED) is 0.463. The second kappa shape index (κ2) is 10.1.